The zero-order valence-corrected chi connectivity index (χ0v) is 21.2. The summed E-state index contributed by atoms with van der Waals surface area (Å²) < 4.78 is 11.7. The first-order valence-corrected chi connectivity index (χ1v) is 15.1. The van der Waals surface area contributed by atoms with Crippen LogP contribution in [0.4, 0.5) is 0 Å². The largest absolute Gasteiger partial charge is 0.408 e. The van der Waals surface area contributed by atoms with E-state index in [9.17, 15) is 0 Å². The summed E-state index contributed by atoms with van der Waals surface area (Å²) in [6.07, 6.45) is -0.373. The summed E-state index contributed by atoms with van der Waals surface area (Å²) in [5.41, 5.74) is 5.52. The summed E-state index contributed by atoms with van der Waals surface area (Å²) in [7, 11) is -3.41. The molecule has 0 aliphatic heterocycles. The molecule has 0 heterocycles. The van der Waals surface area contributed by atoms with E-state index in [1.807, 2.05) is 6.92 Å². The van der Waals surface area contributed by atoms with E-state index < -0.39 is 16.6 Å². The first-order chi connectivity index (χ1) is 10.8. The average molecular weight is 405 g/mol. The molecule has 0 bridgehead atoms. The summed E-state index contributed by atoms with van der Waals surface area (Å²) in [5.74, 6) is 0. The van der Waals surface area contributed by atoms with Crippen molar-refractivity contribution in [3.63, 3.8) is 0 Å². The molecular formula is C18H40N2O2SSi2. The van der Waals surface area contributed by atoms with Crippen LogP contribution in [0.1, 0.15) is 55.4 Å². The lowest BCUT2D eigenvalue weighted by molar-refractivity contribution is 0.249. The van der Waals surface area contributed by atoms with Crippen LogP contribution in [0.25, 0.3) is 0 Å². The van der Waals surface area contributed by atoms with E-state index in [1.54, 1.807) is 6.92 Å². The van der Waals surface area contributed by atoms with Gasteiger partial charge in [0.1, 0.15) is 11.1 Å². The zero-order chi connectivity index (χ0) is 20.9. The summed E-state index contributed by atoms with van der Waals surface area (Å²) in [5, 5.41) is 9.02. The quantitative estimate of drug-likeness (QED) is 0.477. The SMILES string of the molecule is CC(C#N)O[Si](C)(C)C(C)(C)C.CC(O[Si](C)(C)C(C)(C)C)C(N)=S. The molecule has 0 fully saturated rings. The van der Waals surface area contributed by atoms with Crippen molar-refractivity contribution in [1.82, 2.24) is 0 Å². The van der Waals surface area contributed by atoms with Crippen LogP contribution in [-0.2, 0) is 8.85 Å². The molecule has 0 saturated heterocycles. The zero-order valence-electron chi connectivity index (χ0n) is 18.4. The molecule has 7 heteroatoms. The van der Waals surface area contributed by atoms with Crippen molar-refractivity contribution in [1.29, 1.82) is 5.26 Å². The second-order valence-electron chi connectivity index (χ2n) is 9.57. The van der Waals surface area contributed by atoms with Crippen LogP contribution in [0.3, 0.4) is 0 Å². The van der Waals surface area contributed by atoms with Crippen LogP contribution in [0.2, 0.25) is 36.3 Å². The van der Waals surface area contributed by atoms with Crippen LogP contribution in [-0.4, -0.2) is 33.8 Å². The lowest BCUT2D eigenvalue weighted by atomic mass is 10.2. The van der Waals surface area contributed by atoms with E-state index in [4.69, 9.17) is 32.1 Å². The third-order valence-electron chi connectivity index (χ3n) is 5.14. The Morgan fingerprint density at radius 2 is 1.24 bits per heavy atom. The fourth-order valence-electron chi connectivity index (χ4n) is 1.32. The maximum absolute atomic E-state index is 8.61. The second kappa shape index (κ2) is 9.61. The monoisotopic (exact) mass is 404 g/mol. The average Bonchev–Trinajstić information content (AvgIpc) is 2.35. The smallest absolute Gasteiger partial charge is 0.193 e. The number of rotatable bonds is 5. The highest BCUT2D eigenvalue weighted by Crippen LogP contribution is 2.37. The molecule has 0 aromatic rings. The van der Waals surface area contributed by atoms with Crippen LogP contribution in [0, 0.1) is 11.3 Å². The van der Waals surface area contributed by atoms with E-state index in [1.165, 1.54) is 0 Å². The molecule has 0 aliphatic carbocycles. The first-order valence-electron chi connectivity index (χ1n) is 8.83. The maximum Gasteiger partial charge on any atom is 0.193 e. The molecule has 0 aromatic heterocycles. The van der Waals surface area contributed by atoms with Gasteiger partial charge in [-0.15, -0.1) is 0 Å². The molecule has 0 amide bonds. The van der Waals surface area contributed by atoms with E-state index in [-0.39, 0.29) is 22.3 Å². The van der Waals surface area contributed by atoms with Gasteiger partial charge in [0.15, 0.2) is 16.6 Å². The Bertz CT molecular complexity index is 475. The molecule has 2 atom stereocenters. The summed E-state index contributed by atoms with van der Waals surface area (Å²) in [6, 6.07) is 2.11. The number of nitrogens with zero attached hydrogens (tertiary/aromatic N) is 1. The highest BCUT2D eigenvalue weighted by Gasteiger charge is 2.39. The van der Waals surface area contributed by atoms with Gasteiger partial charge in [-0.3, -0.25) is 0 Å². The van der Waals surface area contributed by atoms with E-state index in [0.717, 1.165) is 0 Å². The van der Waals surface area contributed by atoms with Gasteiger partial charge in [0, 0.05) is 0 Å². The number of nitriles is 1. The Morgan fingerprint density at radius 1 is 0.920 bits per heavy atom. The maximum atomic E-state index is 8.61. The lowest BCUT2D eigenvalue weighted by Crippen LogP contribution is -2.46. The minimum Gasteiger partial charge on any atom is -0.408 e. The van der Waals surface area contributed by atoms with E-state index >= 15 is 0 Å². The molecule has 0 rings (SSSR count). The summed E-state index contributed by atoms with van der Waals surface area (Å²) in [6.45, 7) is 25.5. The molecule has 25 heavy (non-hydrogen) atoms. The Hall–Kier alpha value is -0.266. The van der Waals surface area contributed by atoms with Crippen molar-refractivity contribution in [3.8, 4) is 6.07 Å². The van der Waals surface area contributed by atoms with Gasteiger partial charge in [-0.05, 0) is 50.1 Å². The van der Waals surface area contributed by atoms with E-state index in [2.05, 4.69) is 73.8 Å². The van der Waals surface area contributed by atoms with Crippen molar-refractivity contribution in [3.05, 3.63) is 0 Å². The van der Waals surface area contributed by atoms with Gasteiger partial charge >= 0.3 is 0 Å². The third-order valence-corrected chi connectivity index (χ3v) is 14.6. The van der Waals surface area contributed by atoms with Crippen LogP contribution >= 0.6 is 12.2 Å². The minimum atomic E-state index is -1.71. The highest BCUT2D eigenvalue weighted by atomic mass is 32.1. The summed E-state index contributed by atoms with van der Waals surface area (Å²) >= 11 is 4.88. The van der Waals surface area contributed by atoms with Crippen molar-refractivity contribution in [2.24, 2.45) is 5.73 Å². The van der Waals surface area contributed by atoms with Crippen LogP contribution in [0.15, 0.2) is 0 Å². The Kier molecular flexibility index (Phi) is 10.4. The second-order valence-corrected chi connectivity index (χ2v) is 19.6. The predicted octanol–water partition coefficient (Wildman–Crippen LogP) is 5.60. The van der Waals surface area contributed by atoms with Crippen molar-refractivity contribution < 1.29 is 8.85 Å². The molecule has 2 unspecified atom stereocenters. The molecule has 2 N–H and O–H groups in total. The highest BCUT2D eigenvalue weighted by molar-refractivity contribution is 7.80. The number of hydrogen-bond donors (Lipinski definition) is 1. The van der Waals surface area contributed by atoms with Crippen molar-refractivity contribution >= 4 is 33.8 Å². The van der Waals surface area contributed by atoms with Gasteiger partial charge in [-0.2, -0.15) is 5.26 Å². The number of thiocarbonyl (C=S) groups is 1. The molecule has 0 radical (unpaired) electrons. The molecule has 148 valence electrons. The Labute approximate surface area is 163 Å². The number of nitrogens with two attached hydrogens (primary N) is 1. The van der Waals surface area contributed by atoms with Gasteiger partial charge in [0.25, 0.3) is 0 Å². The molecule has 0 saturated carbocycles. The number of hydrogen-bond acceptors (Lipinski definition) is 4. The third kappa shape index (κ3) is 9.85. The van der Waals surface area contributed by atoms with Crippen molar-refractivity contribution in [2.75, 3.05) is 0 Å². The van der Waals surface area contributed by atoms with Crippen molar-refractivity contribution in [2.45, 2.75) is 104 Å². The predicted molar refractivity (Wildman–Crippen MR) is 118 cm³/mol. The Morgan fingerprint density at radius 3 is 1.48 bits per heavy atom. The lowest BCUT2D eigenvalue weighted by Gasteiger charge is -2.38. The minimum absolute atomic E-state index is 0.101. The van der Waals surface area contributed by atoms with Crippen LogP contribution < -0.4 is 5.73 Å². The van der Waals surface area contributed by atoms with E-state index in [0.29, 0.717) is 4.99 Å². The van der Waals surface area contributed by atoms with Gasteiger partial charge in [0.2, 0.25) is 0 Å². The molecule has 0 spiro atoms. The molecule has 4 nitrogen and oxygen atoms in total. The Balaban J connectivity index is 0. The normalized spacial score (nSPS) is 15.5. The topological polar surface area (TPSA) is 68.3 Å². The summed E-state index contributed by atoms with van der Waals surface area (Å²) in [4.78, 5) is 0.449. The first kappa shape index (κ1) is 27.0. The fraction of sp³-hybridized carbons (Fsp3) is 0.889. The standard InChI is InChI=1S/C9H21NOSSi.C9H19NOSi/c1-7(8(10)12)11-13(5,6)9(2,3)4;1-8(7-10)11-12(5,6)9(2,3)4/h7H,1-6H3,(H2,10,12);8H,1-6H3. The van der Waals surface area contributed by atoms with Crippen LogP contribution in [0.5, 0.6) is 0 Å². The van der Waals surface area contributed by atoms with Gasteiger partial charge < -0.3 is 14.6 Å². The fourth-order valence-corrected chi connectivity index (χ4v) is 4.11. The molecular weight excluding hydrogens is 364 g/mol. The van der Waals surface area contributed by atoms with Gasteiger partial charge in [0.05, 0.1) is 12.2 Å². The molecule has 0 aliphatic rings. The molecule has 0 aromatic carbocycles. The van der Waals surface area contributed by atoms with Gasteiger partial charge in [-0.25, -0.2) is 0 Å². The van der Waals surface area contributed by atoms with Gasteiger partial charge in [-0.1, -0.05) is 53.8 Å².